The summed E-state index contributed by atoms with van der Waals surface area (Å²) in [5.41, 5.74) is 2.16. The second kappa shape index (κ2) is 8.52. The van der Waals surface area contributed by atoms with Gasteiger partial charge in [0, 0.05) is 17.5 Å². The number of piperidine rings is 3. The summed E-state index contributed by atoms with van der Waals surface area (Å²) >= 11 is 0. The second-order valence-electron chi connectivity index (χ2n) is 10.0. The van der Waals surface area contributed by atoms with Crippen LogP contribution in [-0.4, -0.2) is 50.4 Å². The predicted molar refractivity (Wildman–Crippen MR) is 123 cm³/mol. The Bertz CT molecular complexity index is 1050. The highest BCUT2D eigenvalue weighted by Gasteiger charge is 2.41. The van der Waals surface area contributed by atoms with E-state index >= 15 is 0 Å². The van der Waals surface area contributed by atoms with Gasteiger partial charge in [0.1, 0.15) is 11.9 Å². The summed E-state index contributed by atoms with van der Waals surface area (Å²) in [6.07, 6.45) is 1.78. The third-order valence-electron chi connectivity index (χ3n) is 7.31. The first-order valence-electron chi connectivity index (χ1n) is 11.6. The number of benzene rings is 2. The SMILES string of the molecule is COc1ccc(-c2ccc3c(c2)OCC(C)(C)C3NC(=O)O[C@H]2CN3CCC2CC3)cc1F. The fourth-order valence-corrected chi connectivity index (χ4v) is 5.30. The van der Waals surface area contributed by atoms with Crippen LogP contribution in [0.3, 0.4) is 0 Å². The average Bonchev–Trinajstić information content (AvgIpc) is 2.81. The van der Waals surface area contributed by atoms with Crippen molar-refractivity contribution >= 4 is 6.09 Å². The van der Waals surface area contributed by atoms with Crippen molar-refractivity contribution in [3.63, 3.8) is 0 Å². The molecule has 4 aliphatic heterocycles. The highest BCUT2D eigenvalue weighted by Crippen LogP contribution is 2.44. The lowest BCUT2D eigenvalue weighted by molar-refractivity contribution is -0.0361. The Kier molecular flexibility index (Phi) is 5.69. The summed E-state index contributed by atoms with van der Waals surface area (Å²) in [5.74, 6) is 0.949. The normalized spacial score (nSPS) is 27.3. The first-order chi connectivity index (χ1) is 15.8. The molecule has 2 atom stereocenters. The summed E-state index contributed by atoms with van der Waals surface area (Å²) in [7, 11) is 1.45. The topological polar surface area (TPSA) is 60.0 Å². The molecule has 0 saturated carbocycles. The van der Waals surface area contributed by atoms with Crippen LogP contribution in [0.4, 0.5) is 9.18 Å². The average molecular weight is 455 g/mol. The van der Waals surface area contributed by atoms with Gasteiger partial charge in [-0.3, -0.25) is 4.90 Å². The fraction of sp³-hybridized carbons (Fsp3) is 0.500. The Labute approximate surface area is 194 Å². The maximum atomic E-state index is 14.2. The monoisotopic (exact) mass is 454 g/mol. The van der Waals surface area contributed by atoms with E-state index in [4.69, 9.17) is 14.2 Å². The lowest BCUT2D eigenvalue weighted by Crippen LogP contribution is -2.53. The lowest BCUT2D eigenvalue weighted by atomic mass is 9.78. The van der Waals surface area contributed by atoms with Crippen molar-refractivity contribution in [2.24, 2.45) is 11.3 Å². The molecule has 0 spiro atoms. The van der Waals surface area contributed by atoms with Crippen LogP contribution < -0.4 is 14.8 Å². The molecule has 0 aliphatic carbocycles. The van der Waals surface area contributed by atoms with Gasteiger partial charge in [-0.25, -0.2) is 9.18 Å². The Morgan fingerprint density at radius 3 is 2.55 bits per heavy atom. The van der Waals surface area contributed by atoms with Crippen molar-refractivity contribution < 1.29 is 23.4 Å². The van der Waals surface area contributed by atoms with E-state index in [1.54, 1.807) is 6.07 Å². The molecule has 1 amide bonds. The third-order valence-corrected chi connectivity index (χ3v) is 7.31. The maximum Gasteiger partial charge on any atom is 0.407 e. The van der Waals surface area contributed by atoms with Crippen LogP contribution in [0.25, 0.3) is 11.1 Å². The van der Waals surface area contributed by atoms with Gasteiger partial charge in [-0.1, -0.05) is 32.0 Å². The Morgan fingerprint density at radius 1 is 1.15 bits per heavy atom. The molecular formula is C26H31FN2O4. The first-order valence-corrected chi connectivity index (χ1v) is 11.6. The molecule has 0 radical (unpaired) electrons. The molecule has 2 aromatic rings. The molecular weight excluding hydrogens is 423 g/mol. The number of nitrogens with one attached hydrogen (secondary N) is 1. The van der Waals surface area contributed by atoms with Gasteiger partial charge in [0.05, 0.1) is 19.8 Å². The molecule has 0 aromatic heterocycles. The Balaban J connectivity index is 1.35. The standard InChI is InChI=1S/C26H31FN2O4/c1-26(2)15-32-22-13-18(17-5-7-21(31-3)20(27)12-17)4-6-19(22)24(26)28-25(30)33-23-14-29-10-8-16(23)9-11-29/h4-7,12-13,16,23-24H,8-11,14-15H2,1-3H3,(H,28,30)/t23-,24?/m0/s1. The summed E-state index contributed by atoms with van der Waals surface area (Å²) < 4.78 is 31.2. The molecule has 33 heavy (non-hydrogen) atoms. The van der Waals surface area contributed by atoms with Crippen LogP contribution in [-0.2, 0) is 4.74 Å². The number of halogens is 1. The van der Waals surface area contributed by atoms with Crippen LogP contribution in [0.5, 0.6) is 11.5 Å². The van der Waals surface area contributed by atoms with Gasteiger partial charge >= 0.3 is 6.09 Å². The van der Waals surface area contributed by atoms with E-state index in [9.17, 15) is 9.18 Å². The van der Waals surface area contributed by atoms with Gasteiger partial charge in [-0.05, 0) is 61.2 Å². The maximum absolute atomic E-state index is 14.2. The zero-order valence-corrected chi connectivity index (χ0v) is 19.4. The van der Waals surface area contributed by atoms with E-state index in [-0.39, 0.29) is 29.4 Å². The number of carbonyl (C=O) groups excluding carboxylic acids is 1. The van der Waals surface area contributed by atoms with E-state index in [2.05, 4.69) is 24.1 Å². The highest BCUT2D eigenvalue weighted by molar-refractivity contribution is 5.70. The molecule has 3 saturated heterocycles. The third kappa shape index (κ3) is 4.26. The van der Waals surface area contributed by atoms with E-state index in [1.165, 1.54) is 13.2 Å². The largest absolute Gasteiger partial charge is 0.494 e. The number of alkyl carbamates (subject to hydrolysis) is 1. The molecule has 6 rings (SSSR count). The van der Waals surface area contributed by atoms with Crippen molar-refractivity contribution in [3.8, 4) is 22.6 Å². The number of methoxy groups -OCH3 is 1. The smallest absolute Gasteiger partial charge is 0.407 e. The van der Waals surface area contributed by atoms with Crippen LogP contribution in [0.1, 0.15) is 38.3 Å². The van der Waals surface area contributed by atoms with Gasteiger partial charge < -0.3 is 19.5 Å². The van der Waals surface area contributed by atoms with Gasteiger partial charge in [0.2, 0.25) is 0 Å². The van der Waals surface area contributed by atoms with Crippen molar-refractivity contribution in [3.05, 3.63) is 47.8 Å². The lowest BCUT2D eigenvalue weighted by Gasteiger charge is -2.44. The summed E-state index contributed by atoms with van der Waals surface area (Å²) in [6, 6.07) is 10.4. The molecule has 2 bridgehead atoms. The number of carbonyl (C=O) groups is 1. The molecule has 4 heterocycles. The van der Waals surface area contributed by atoms with Crippen molar-refractivity contribution in [1.82, 2.24) is 10.2 Å². The molecule has 4 aliphatic rings. The number of amides is 1. The predicted octanol–water partition coefficient (Wildman–Crippen LogP) is 4.78. The molecule has 7 heteroatoms. The molecule has 3 fully saturated rings. The van der Waals surface area contributed by atoms with E-state index in [1.807, 2.05) is 24.3 Å². The zero-order chi connectivity index (χ0) is 23.2. The summed E-state index contributed by atoms with van der Waals surface area (Å²) in [4.78, 5) is 15.3. The minimum absolute atomic E-state index is 0.0396. The zero-order valence-electron chi connectivity index (χ0n) is 19.4. The number of hydrogen-bond acceptors (Lipinski definition) is 5. The second-order valence-corrected chi connectivity index (χ2v) is 10.0. The van der Waals surface area contributed by atoms with E-state index in [0.717, 1.165) is 49.2 Å². The van der Waals surface area contributed by atoms with Crippen LogP contribution in [0.2, 0.25) is 0 Å². The minimum Gasteiger partial charge on any atom is -0.494 e. The first kappa shape index (κ1) is 22.0. The number of hydrogen-bond donors (Lipinski definition) is 1. The quantitative estimate of drug-likeness (QED) is 0.721. The molecule has 176 valence electrons. The Morgan fingerprint density at radius 2 is 1.88 bits per heavy atom. The number of fused-ring (bicyclic) bond motifs is 4. The van der Waals surface area contributed by atoms with Crippen molar-refractivity contribution in [2.75, 3.05) is 33.4 Å². The number of ether oxygens (including phenoxy) is 3. The van der Waals surface area contributed by atoms with Gasteiger partial charge in [0.25, 0.3) is 0 Å². The number of nitrogens with zero attached hydrogens (tertiary/aromatic N) is 1. The van der Waals surface area contributed by atoms with Gasteiger partial charge in [0.15, 0.2) is 11.6 Å². The highest BCUT2D eigenvalue weighted by atomic mass is 19.1. The fourth-order valence-electron chi connectivity index (χ4n) is 5.30. The number of rotatable bonds is 4. The van der Waals surface area contributed by atoms with Crippen LogP contribution in [0, 0.1) is 17.2 Å². The molecule has 2 aromatic carbocycles. The van der Waals surface area contributed by atoms with E-state index in [0.29, 0.717) is 18.3 Å². The van der Waals surface area contributed by atoms with E-state index < -0.39 is 5.82 Å². The minimum atomic E-state index is -0.412. The Hall–Kier alpha value is -2.80. The summed E-state index contributed by atoms with van der Waals surface area (Å²) in [5, 5.41) is 3.12. The van der Waals surface area contributed by atoms with Crippen molar-refractivity contribution in [1.29, 1.82) is 0 Å². The van der Waals surface area contributed by atoms with Gasteiger partial charge in [-0.2, -0.15) is 0 Å². The molecule has 1 unspecified atom stereocenters. The summed E-state index contributed by atoms with van der Waals surface area (Å²) in [6.45, 7) is 7.63. The van der Waals surface area contributed by atoms with Crippen LogP contribution >= 0.6 is 0 Å². The molecule has 6 nitrogen and oxygen atoms in total. The van der Waals surface area contributed by atoms with Crippen LogP contribution in [0.15, 0.2) is 36.4 Å². The van der Waals surface area contributed by atoms with Gasteiger partial charge in [-0.15, -0.1) is 0 Å². The molecule has 1 N–H and O–H groups in total. The van der Waals surface area contributed by atoms with Crippen molar-refractivity contribution in [2.45, 2.75) is 38.8 Å².